The van der Waals surface area contributed by atoms with Gasteiger partial charge in [0.15, 0.2) is 0 Å². The van der Waals surface area contributed by atoms with Gasteiger partial charge >= 0.3 is 6.03 Å². The van der Waals surface area contributed by atoms with Crippen molar-refractivity contribution >= 4 is 29.2 Å². The largest absolute Gasteiger partial charge is 0.375 e. The Balaban J connectivity index is 1.70. The predicted molar refractivity (Wildman–Crippen MR) is 138 cm³/mol. The molecule has 0 N–H and O–H groups in total. The van der Waals surface area contributed by atoms with Crippen LogP contribution in [-0.4, -0.2) is 66.0 Å². The highest BCUT2D eigenvalue weighted by molar-refractivity contribution is 6.18. The van der Waals surface area contributed by atoms with Crippen molar-refractivity contribution in [3.63, 3.8) is 0 Å². The summed E-state index contributed by atoms with van der Waals surface area (Å²) in [5, 5.41) is 0. The van der Waals surface area contributed by atoms with E-state index in [2.05, 4.69) is 24.3 Å². The number of unbranched alkanes of at least 4 members (excludes halogenated alkanes) is 2. The molecule has 2 atom stereocenters. The molecule has 0 saturated carbocycles. The average Bonchev–Trinajstić information content (AvgIpc) is 3.11. The Labute approximate surface area is 213 Å². The summed E-state index contributed by atoms with van der Waals surface area (Å²) in [5.74, 6) is 1.19. The number of halogens is 2. The fourth-order valence-corrected chi connectivity index (χ4v) is 4.66. The number of carbonyl (C=O) groups excluding carboxylic acids is 1. The van der Waals surface area contributed by atoms with Crippen LogP contribution in [0.3, 0.4) is 0 Å². The molecule has 1 saturated heterocycles. The minimum absolute atomic E-state index is 0.0609. The van der Waals surface area contributed by atoms with E-state index in [1.807, 2.05) is 46.2 Å². The van der Waals surface area contributed by atoms with Gasteiger partial charge in [-0.1, -0.05) is 60.7 Å². The number of nitrogens with zero attached hydrogens (tertiary/aromatic N) is 2. The molecule has 0 aliphatic carbocycles. The molecule has 0 bridgehead atoms. The van der Waals surface area contributed by atoms with Gasteiger partial charge in [-0.15, -0.1) is 23.2 Å². The Bertz CT molecular complexity index is 758. The molecule has 0 spiro atoms. The Morgan fingerprint density at radius 2 is 1.06 bits per heavy atom. The molecule has 1 fully saturated rings. The summed E-state index contributed by atoms with van der Waals surface area (Å²) in [7, 11) is 0. The van der Waals surface area contributed by atoms with Crippen LogP contribution in [0.25, 0.3) is 0 Å². The van der Waals surface area contributed by atoms with Gasteiger partial charge in [0.1, 0.15) is 0 Å². The Hall–Kier alpha value is -1.79. The summed E-state index contributed by atoms with van der Waals surface area (Å²) in [5.41, 5.74) is 2.24. The summed E-state index contributed by atoms with van der Waals surface area (Å²) in [6, 6.07) is 20.2. The van der Waals surface area contributed by atoms with Gasteiger partial charge in [0.2, 0.25) is 0 Å². The first kappa shape index (κ1) is 26.8. The van der Waals surface area contributed by atoms with E-state index in [9.17, 15) is 4.79 Å². The van der Waals surface area contributed by atoms with E-state index in [0.29, 0.717) is 51.3 Å². The zero-order valence-corrected chi connectivity index (χ0v) is 21.3. The van der Waals surface area contributed by atoms with Gasteiger partial charge < -0.3 is 19.3 Å². The van der Waals surface area contributed by atoms with E-state index in [0.717, 1.165) is 36.8 Å². The van der Waals surface area contributed by atoms with Gasteiger partial charge in [0.25, 0.3) is 0 Å². The van der Waals surface area contributed by atoms with Crippen molar-refractivity contribution in [2.24, 2.45) is 0 Å². The van der Waals surface area contributed by atoms with Gasteiger partial charge in [0, 0.05) is 24.8 Å². The zero-order chi connectivity index (χ0) is 24.0. The van der Waals surface area contributed by atoms with E-state index in [1.165, 1.54) is 0 Å². The first-order valence-electron chi connectivity index (χ1n) is 12.2. The molecule has 0 unspecified atom stereocenters. The lowest BCUT2D eigenvalue weighted by Crippen LogP contribution is -2.44. The molecule has 34 heavy (non-hydrogen) atoms. The van der Waals surface area contributed by atoms with Gasteiger partial charge in [-0.25, -0.2) is 4.79 Å². The Kier molecular flexibility index (Phi) is 12.0. The molecule has 0 aromatic heterocycles. The van der Waals surface area contributed by atoms with Crippen LogP contribution >= 0.6 is 23.2 Å². The number of hydrogen-bond acceptors (Lipinski definition) is 3. The number of carbonyl (C=O) groups is 1. The molecule has 186 valence electrons. The Morgan fingerprint density at radius 1 is 0.647 bits per heavy atom. The first-order chi connectivity index (χ1) is 16.7. The number of rotatable bonds is 16. The molecule has 7 heteroatoms. The van der Waals surface area contributed by atoms with E-state index >= 15 is 0 Å². The molecule has 2 aromatic rings. The van der Waals surface area contributed by atoms with Crippen LogP contribution in [-0.2, 0) is 22.7 Å². The van der Waals surface area contributed by atoms with E-state index in [4.69, 9.17) is 32.7 Å². The van der Waals surface area contributed by atoms with Crippen LogP contribution in [0.2, 0.25) is 0 Å². The van der Waals surface area contributed by atoms with Crippen LogP contribution in [0.15, 0.2) is 60.7 Å². The highest BCUT2D eigenvalue weighted by atomic mass is 35.5. The smallest absolute Gasteiger partial charge is 0.320 e. The minimum Gasteiger partial charge on any atom is -0.375 e. The maximum Gasteiger partial charge on any atom is 0.320 e. The monoisotopic (exact) mass is 506 g/mol. The number of ether oxygens (including phenoxy) is 2. The molecule has 5 nitrogen and oxygen atoms in total. The molecule has 2 aromatic carbocycles. The summed E-state index contributed by atoms with van der Waals surface area (Å²) in [6.07, 6.45) is 3.50. The van der Waals surface area contributed by atoms with Crippen molar-refractivity contribution in [1.29, 1.82) is 0 Å². The van der Waals surface area contributed by atoms with Crippen LogP contribution in [0.4, 0.5) is 4.79 Å². The lowest BCUT2D eigenvalue weighted by atomic mass is 10.1. The summed E-state index contributed by atoms with van der Waals surface area (Å²) < 4.78 is 12.3. The van der Waals surface area contributed by atoms with Gasteiger partial charge in [-0.2, -0.15) is 0 Å². The lowest BCUT2D eigenvalue weighted by molar-refractivity contribution is 0.0276. The molecule has 1 aliphatic rings. The Morgan fingerprint density at radius 3 is 1.44 bits per heavy atom. The second-order valence-electron chi connectivity index (χ2n) is 8.60. The third kappa shape index (κ3) is 8.16. The number of alkyl halides is 2. The maximum absolute atomic E-state index is 13.5. The molecule has 1 heterocycles. The standard InChI is InChI=1S/C27H36Cl2N2O3/c28-15-7-9-17-30-25(21-33-19-23-11-3-1-4-12-23)26(31(27(30)32)18-10-8-16-29)22-34-20-24-13-5-2-6-14-24/h1-6,11-14,25-26H,7-10,15-22H2/t25-,26-/m1/s1. The third-order valence-corrected chi connectivity index (χ3v) is 6.64. The van der Waals surface area contributed by atoms with Crippen molar-refractivity contribution in [1.82, 2.24) is 9.80 Å². The highest BCUT2D eigenvalue weighted by Crippen LogP contribution is 2.26. The van der Waals surface area contributed by atoms with Crippen molar-refractivity contribution in [2.45, 2.75) is 51.0 Å². The number of urea groups is 1. The van der Waals surface area contributed by atoms with Crippen LogP contribution in [0, 0.1) is 0 Å². The molecule has 1 aliphatic heterocycles. The van der Waals surface area contributed by atoms with Crippen molar-refractivity contribution in [2.75, 3.05) is 38.1 Å². The molecule has 3 rings (SSSR count). The van der Waals surface area contributed by atoms with Crippen molar-refractivity contribution < 1.29 is 14.3 Å². The van der Waals surface area contributed by atoms with E-state index < -0.39 is 0 Å². The van der Waals surface area contributed by atoms with Gasteiger partial charge in [0.05, 0.1) is 38.5 Å². The zero-order valence-electron chi connectivity index (χ0n) is 19.8. The van der Waals surface area contributed by atoms with Crippen LogP contribution in [0.5, 0.6) is 0 Å². The quantitative estimate of drug-likeness (QED) is 0.209. The molecular formula is C27H36Cl2N2O3. The third-order valence-electron chi connectivity index (χ3n) is 6.10. The predicted octanol–water partition coefficient (Wildman–Crippen LogP) is 5.93. The second kappa shape index (κ2) is 15.3. The molecule has 2 amide bonds. The summed E-state index contributed by atoms with van der Waals surface area (Å²) in [4.78, 5) is 17.4. The normalized spacial score (nSPS) is 18.1. The average molecular weight is 508 g/mol. The minimum atomic E-state index is -0.0710. The second-order valence-corrected chi connectivity index (χ2v) is 9.35. The maximum atomic E-state index is 13.5. The fourth-order valence-electron chi connectivity index (χ4n) is 4.29. The first-order valence-corrected chi connectivity index (χ1v) is 13.2. The SMILES string of the molecule is O=C1N(CCCCCl)[C@H](COCc2ccccc2)[C@@H](COCc2ccccc2)N1CCCCCl. The highest BCUT2D eigenvalue weighted by Gasteiger charge is 2.45. The molecular weight excluding hydrogens is 471 g/mol. The summed E-state index contributed by atoms with van der Waals surface area (Å²) in [6.45, 7) is 3.31. The fraction of sp³-hybridized carbons (Fsp3) is 0.519. The summed E-state index contributed by atoms with van der Waals surface area (Å²) >= 11 is 11.8. The lowest BCUT2D eigenvalue weighted by Gasteiger charge is -2.28. The number of amides is 2. The molecule has 0 radical (unpaired) electrons. The number of hydrogen-bond donors (Lipinski definition) is 0. The van der Waals surface area contributed by atoms with Crippen LogP contribution < -0.4 is 0 Å². The van der Waals surface area contributed by atoms with Crippen LogP contribution in [0.1, 0.15) is 36.8 Å². The van der Waals surface area contributed by atoms with Crippen molar-refractivity contribution in [3.8, 4) is 0 Å². The van der Waals surface area contributed by atoms with E-state index in [1.54, 1.807) is 0 Å². The van der Waals surface area contributed by atoms with Gasteiger partial charge in [-0.3, -0.25) is 0 Å². The van der Waals surface area contributed by atoms with Gasteiger partial charge in [-0.05, 0) is 36.8 Å². The van der Waals surface area contributed by atoms with Crippen molar-refractivity contribution in [3.05, 3.63) is 71.8 Å². The van der Waals surface area contributed by atoms with E-state index in [-0.39, 0.29) is 18.1 Å². The number of benzene rings is 2. The topological polar surface area (TPSA) is 42.0 Å².